The van der Waals surface area contributed by atoms with Gasteiger partial charge >= 0.3 is 15.2 Å². The molecule has 69 heavy (non-hydrogen) atoms. The van der Waals surface area contributed by atoms with E-state index in [9.17, 15) is 19.6 Å². The highest BCUT2D eigenvalue weighted by molar-refractivity contribution is 7.73. The molecular formula is C61H4O6P2. The molecule has 6 nitrogen and oxygen atoms in total. The van der Waals surface area contributed by atoms with Gasteiger partial charge in [-0.3, -0.25) is 9.13 Å². The predicted octanol–water partition coefficient (Wildman–Crippen LogP) is 15.4. The molecule has 0 unspecified atom stereocenters. The molecule has 1 saturated carbocycles. The van der Waals surface area contributed by atoms with Gasteiger partial charge in [0.2, 0.25) is 4.90 Å². The Kier molecular flexibility index (Phi) is 2.15. The van der Waals surface area contributed by atoms with Crippen molar-refractivity contribution < 1.29 is 28.7 Å². The lowest BCUT2D eigenvalue weighted by atomic mass is 9.68. The van der Waals surface area contributed by atoms with E-state index in [0.29, 0.717) is 0 Å². The summed E-state index contributed by atoms with van der Waals surface area (Å²) in [6.07, 6.45) is 0. The van der Waals surface area contributed by atoms with E-state index in [4.69, 9.17) is 0 Å². The van der Waals surface area contributed by atoms with Gasteiger partial charge in [-0.2, -0.15) is 0 Å². The molecule has 5 aliphatic rings. The molecule has 0 heterocycles. The van der Waals surface area contributed by atoms with E-state index in [2.05, 4.69) is 0 Å². The van der Waals surface area contributed by atoms with Crippen LogP contribution in [-0.4, -0.2) is 24.5 Å². The predicted molar refractivity (Wildman–Crippen MR) is 281 cm³/mol. The van der Waals surface area contributed by atoms with Crippen molar-refractivity contribution in [1.82, 2.24) is 0 Å². The molecule has 5 aliphatic carbocycles. The molecule has 0 atom stereocenters. The van der Waals surface area contributed by atoms with Crippen LogP contribution in [0.15, 0.2) is 0 Å². The normalized spacial score (nSPS) is 20.9. The summed E-state index contributed by atoms with van der Waals surface area (Å²) in [6.45, 7) is 0. The van der Waals surface area contributed by atoms with E-state index in [1.165, 1.54) is 248 Å². The fraction of sp³-hybridized carbons (Fsp3) is 0.0492. The van der Waals surface area contributed by atoms with Gasteiger partial charge in [-0.25, -0.2) is 0 Å². The van der Waals surface area contributed by atoms with Crippen LogP contribution in [0.4, 0.5) is 0 Å². The minimum absolute atomic E-state index is 0.851. The zero-order valence-electron chi connectivity index (χ0n) is 34.0. The van der Waals surface area contributed by atoms with Gasteiger partial charge in [-0.05, 0) is 313 Å². The standard InChI is InChI=1S/C61H4O6P2/c62-68(63,64)61(69(65,66)67)59-55-47-39-29-19-11-3-1-2-5-9-7(3)15-23-17(9)27-21-13(5)14-6(2)10-8-4(1)12(11)20-26-16(8)24-18(10)28-22(14)32-31(21)41-35(27)45-37(23)43(33(39)25(15)19)51(55)53(45)57-49(41)50-42(32)36(28)46-38(24)44-34(26)40(30(20)29)48(47)56(59)52(44)54(46)58(50)60(57,59)61/h(H2,62,63,64)(H2,65,66,67). The molecule has 1 fully saturated rings. The fourth-order valence-corrected chi connectivity index (χ4v) is 30.1. The largest absolute Gasteiger partial charge is 0.346 e. The lowest BCUT2D eigenvalue weighted by Crippen LogP contribution is -2.27. The monoisotopic (exact) mass is 894 g/mol. The van der Waals surface area contributed by atoms with Crippen molar-refractivity contribution in [1.29, 1.82) is 0 Å². The third-order valence-electron chi connectivity index (χ3n) is 25.1. The second kappa shape index (κ2) is 5.60. The van der Waals surface area contributed by atoms with Crippen LogP contribution < -0.4 is 0 Å². The molecule has 2 spiro atoms. The Morgan fingerprint density at radius 2 is 0.261 bits per heavy atom. The van der Waals surface area contributed by atoms with E-state index in [-0.39, 0.29) is 0 Å². The Hall–Kier alpha value is -7.24. The Morgan fingerprint density at radius 1 is 0.174 bits per heavy atom. The molecular weight excluding hydrogens is 891 g/mol. The summed E-state index contributed by atoms with van der Waals surface area (Å²) in [5, 5.41) is 71.1. The Bertz CT molecular complexity index is 6800. The highest BCUT2D eigenvalue weighted by Gasteiger charge is 3.05. The molecule has 294 valence electrons. The molecule has 4 N–H and O–H groups in total. The first kappa shape index (κ1) is 26.5. The highest BCUT2D eigenvalue weighted by Crippen LogP contribution is 3.05. The SMILES string of the molecule is O=P(O)(O)C1(P(=O)(O)O)C23c4c5c6c7c8c9c(c%10c%11c2c2c4c4c%12c5c5c6c6c8c8c%13c9c9c%10c%10c%11c%11c2c2c4c4c%12c%12c5c5c6c8c6c8c%13c9c9c%10c%10c%11c2c2c4c4c%12c5c6c5c8c9c%10c2c45)C731. The molecule has 0 aromatic heterocycles. The zero-order chi connectivity index (χ0) is 42.0. The smallest absolute Gasteiger partial charge is 0.324 e. The van der Waals surface area contributed by atoms with E-state index in [0.717, 1.165) is 65.3 Å². The molecule has 28 aromatic carbocycles. The van der Waals surface area contributed by atoms with Gasteiger partial charge in [0, 0.05) is 0 Å². The summed E-state index contributed by atoms with van der Waals surface area (Å²) in [4.78, 5) is 48.7. The second-order valence-electron chi connectivity index (χ2n) is 25.0. The average molecular weight is 895 g/mol. The number of rotatable bonds is 2. The van der Waals surface area contributed by atoms with Crippen molar-refractivity contribution >= 4 is 306 Å². The summed E-state index contributed by atoms with van der Waals surface area (Å²) in [5.74, 6) is 0. The van der Waals surface area contributed by atoms with Crippen LogP contribution in [0, 0.1) is 0 Å². The molecule has 0 radical (unpaired) electrons. The summed E-state index contributed by atoms with van der Waals surface area (Å²) >= 11 is 0. The average Bonchev–Trinajstić information content (AvgIpc) is 4.33. The number of hydrogen-bond acceptors (Lipinski definition) is 2. The fourth-order valence-electron chi connectivity index (χ4n) is 25.5. The molecule has 0 saturated heterocycles. The maximum absolute atomic E-state index is 15.9. The van der Waals surface area contributed by atoms with Gasteiger partial charge in [-0.15, -0.1) is 0 Å². The highest BCUT2D eigenvalue weighted by atomic mass is 31.2. The minimum atomic E-state index is -5.75. The van der Waals surface area contributed by atoms with Crippen LogP contribution in [0.2, 0.25) is 0 Å². The van der Waals surface area contributed by atoms with Crippen LogP contribution in [0.25, 0.3) is 291 Å². The van der Waals surface area contributed by atoms with Crippen molar-refractivity contribution in [3.63, 3.8) is 0 Å². The van der Waals surface area contributed by atoms with Crippen molar-refractivity contribution in [2.45, 2.75) is 15.7 Å². The van der Waals surface area contributed by atoms with Gasteiger partial charge in [-0.1, -0.05) is 0 Å². The van der Waals surface area contributed by atoms with E-state index in [1.54, 1.807) is 0 Å². The summed E-state index contributed by atoms with van der Waals surface area (Å²) in [5.41, 5.74) is 0.0222. The number of benzene rings is 18. The third-order valence-corrected chi connectivity index (χ3v) is 29.7. The Morgan fingerprint density at radius 3 is 0.348 bits per heavy atom. The van der Waals surface area contributed by atoms with Gasteiger partial charge < -0.3 is 19.6 Å². The van der Waals surface area contributed by atoms with Gasteiger partial charge in [0.25, 0.3) is 0 Å². The van der Waals surface area contributed by atoms with Crippen LogP contribution in [0.1, 0.15) is 22.3 Å². The van der Waals surface area contributed by atoms with Gasteiger partial charge in [0.1, 0.15) is 0 Å². The first-order valence-corrected chi connectivity index (χ1v) is 27.8. The molecule has 0 bridgehead atoms. The van der Waals surface area contributed by atoms with Gasteiger partial charge in [0.05, 0.1) is 10.8 Å². The third kappa shape index (κ3) is 1.31. The zero-order valence-corrected chi connectivity index (χ0v) is 35.8. The molecule has 0 amide bonds. The molecule has 0 aliphatic heterocycles. The van der Waals surface area contributed by atoms with E-state index >= 15 is 9.13 Å². The van der Waals surface area contributed by atoms with Crippen LogP contribution in [0.5, 0.6) is 0 Å². The Labute approximate surface area is 370 Å². The quantitative estimate of drug-likeness (QED) is 0.101. The second-order valence-corrected chi connectivity index (χ2v) is 28.9. The van der Waals surface area contributed by atoms with Crippen molar-refractivity contribution in [2.75, 3.05) is 0 Å². The van der Waals surface area contributed by atoms with E-state index < -0.39 is 30.9 Å². The van der Waals surface area contributed by atoms with E-state index in [1.807, 2.05) is 0 Å². The lowest BCUT2D eigenvalue weighted by molar-refractivity contribution is 0.327. The first-order chi connectivity index (χ1) is 33.7. The van der Waals surface area contributed by atoms with Crippen LogP contribution in [-0.2, 0) is 20.0 Å². The van der Waals surface area contributed by atoms with Crippen LogP contribution >= 0.6 is 15.2 Å². The summed E-state index contributed by atoms with van der Waals surface area (Å²) in [6, 6.07) is 0. The molecule has 33 rings (SSSR count). The maximum atomic E-state index is 15.9. The maximum Gasteiger partial charge on any atom is 0.346 e. The first-order valence-electron chi connectivity index (χ1n) is 24.6. The van der Waals surface area contributed by atoms with Crippen molar-refractivity contribution in [3.8, 4) is 0 Å². The lowest BCUT2D eigenvalue weighted by Gasteiger charge is -2.32. The van der Waals surface area contributed by atoms with Crippen molar-refractivity contribution in [3.05, 3.63) is 22.3 Å². The van der Waals surface area contributed by atoms with Gasteiger partial charge in [0.15, 0.2) is 0 Å². The summed E-state index contributed by atoms with van der Waals surface area (Å²) in [7, 11) is -11.5. The molecule has 28 aromatic rings. The molecule has 8 heteroatoms. The minimum Gasteiger partial charge on any atom is -0.324 e. The topological polar surface area (TPSA) is 115 Å². The van der Waals surface area contributed by atoms with Crippen molar-refractivity contribution in [2.24, 2.45) is 0 Å². The summed E-state index contributed by atoms with van der Waals surface area (Å²) < 4.78 is 31.7. The number of hydrogen-bond donors (Lipinski definition) is 4. The Balaban J connectivity index is 1.24. The van der Waals surface area contributed by atoms with Crippen LogP contribution in [0.3, 0.4) is 0 Å².